The van der Waals surface area contributed by atoms with Crippen molar-refractivity contribution in [3.63, 3.8) is 0 Å². The van der Waals surface area contributed by atoms with E-state index in [9.17, 15) is 0 Å². The molecular formula is C10H26N4S3. The van der Waals surface area contributed by atoms with Gasteiger partial charge >= 0.3 is 0 Å². The number of nitrogens with zero attached hydrogens (tertiary/aromatic N) is 4. The van der Waals surface area contributed by atoms with Crippen LogP contribution in [0.2, 0.25) is 0 Å². The zero-order valence-electron chi connectivity index (χ0n) is 11.8. The van der Waals surface area contributed by atoms with E-state index in [4.69, 9.17) is 0 Å². The van der Waals surface area contributed by atoms with Crippen LogP contribution < -0.4 is 0 Å². The van der Waals surface area contributed by atoms with Gasteiger partial charge in [0, 0.05) is 62.6 Å². The Morgan fingerprint density at radius 1 is 0.647 bits per heavy atom. The van der Waals surface area contributed by atoms with E-state index in [1.165, 1.54) is 0 Å². The summed E-state index contributed by atoms with van der Waals surface area (Å²) in [7, 11) is 4.15. The smallest absolute Gasteiger partial charge is 0.0338 e. The standard InChI is InChI=1S/C10H26N4S3/c1-7-12(8-2)16-14(15-11(5)6)17-13(9-3)10-4/h7-10H2,1-6H3. The minimum Gasteiger partial charge on any atom is -0.242 e. The Kier molecular flexibility index (Phi) is 11.3. The molecule has 0 aliphatic heterocycles. The lowest BCUT2D eigenvalue weighted by atomic mass is 10.7. The van der Waals surface area contributed by atoms with Crippen LogP contribution in [-0.4, -0.2) is 56.3 Å². The first kappa shape index (κ1) is 17.9. The molecule has 0 aliphatic carbocycles. The predicted octanol–water partition coefficient (Wildman–Crippen LogP) is 3.22. The molecule has 0 fully saturated rings. The maximum atomic E-state index is 2.34. The fraction of sp³-hybridized carbons (Fsp3) is 1.00. The Labute approximate surface area is 120 Å². The molecule has 7 heteroatoms. The quantitative estimate of drug-likeness (QED) is 0.567. The van der Waals surface area contributed by atoms with Gasteiger partial charge in [-0.05, 0) is 14.1 Å². The Hall–Kier alpha value is 0.890. The van der Waals surface area contributed by atoms with E-state index >= 15 is 0 Å². The molecule has 0 heterocycles. The van der Waals surface area contributed by atoms with E-state index in [0.29, 0.717) is 0 Å². The minimum atomic E-state index is 1.06. The summed E-state index contributed by atoms with van der Waals surface area (Å²) in [4.78, 5) is 0. The number of hydrogen-bond acceptors (Lipinski definition) is 7. The maximum absolute atomic E-state index is 2.34. The summed E-state index contributed by atoms with van der Waals surface area (Å²) in [6.45, 7) is 13.0. The van der Waals surface area contributed by atoms with Crippen LogP contribution in [0.4, 0.5) is 0 Å². The third-order valence-electron chi connectivity index (χ3n) is 2.01. The largest absolute Gasteiger partial charge is 0.242 e. The Balaban J connectivity index is 4.30. The zero-order valence-corrected chi connectivity index (χ0v) is 14.3. The fourth-order valence-electron chi connectivity index (χ4n) is 1.04. The van der Waals surface area contributed by atoms with E-state index < -0.39 is 0 Å². The van der Waals surface area contributed by atoms with Gasteiger partial charge in [-0.2, -0.15) is 0 Å². The second-order valence-electron chi connectivity index (χ2n) is 3.51. The number of rotatable bonds is 10. The molecule has 0 atom stereocenters. The molecule has 0 aromatic carbocycles. The average Bonchev–Trinajstić information content (AvgIpc) is 2.31. The summed E-state index contributed by atoms with van der Waals surface area (Å²) in [5, 5.41) is 0. The van der Waals surface area contributed by atoms with Gasteiger partial charge in [0.1, 0.15) is 0 Å². The second-order valence-corrected chi connectivity index (χ2v) is 7.55. The first-order valence-electron chi connectivity index (χ1n) is 6.08. The normalized spacial score (nSPS) is 12.4. The highest BCUT2D eigenvalue weighted by Gasteiger charge is 2.16. The topological polar surface area (TPSA) is 13.0 Å². The molecule has 0 rings (SSSR count). The van der Waals surface area contributed by atoms with Crippen LogP contribution in [0.25, 0.3) is 0 Å². The molecule has 0 aromatic rings. The van der Waals surface area contributed by atoms with Crippen LogP contribution in [0.15, 0.2) is 0 Å². The molecule has 17 heavy (non-hydrogen) atoms. The Bertz CT molecular complexity index is 161. The van der Waals surface area contributed by atoms with Gasteiger partial charge in [0.15, 0.2) is 0 Å². The van der Waals surface area contributed by atoms with Crippen LogP contribution in [0.3, 0.4) is 0 Å². The summed E-state index contributed by atoms with van der Waals surface area (Å²) in [5.41, 5.74) is 0. The van der Waals surface area contributed by atoms with Crippen molar-refractivity contribution in [3.05, 3.63) is 0 Å². The molecule has 0 aromatic heterocycles. The Morgan fingerprint density at radius 2 is 1.00 bits per heavy atom. The first-order valence-corrected chi connectivity index (χ1v) is 8.27. The fourth-order valence-corrected chi connectivity index (χ4v) is 4.44. The van der Waals surface area contributed by atoms with E-state index in [1.54, 1.807) is 36.4 Å². The monoisotopic (exact) mass is 298 g/mol. The van der Waals surface area contributed by atoms with Crippen LogP contribution in [0.5, 0.6) is 0 Å². The summed E-state index contributed by atoms with van der Waals surface area (Å²) in [5.74, 6) is 0. The molecule has 0 saturated carbocycles. The zero-order chi connectivity index (χ0) is 13.3. The molecule has 0 amide bonds. The lowest BCUT2D eigenvalue weighted by molar-refractivity contribution is 0.507. The van der Waals surface area contributed by atoms with Gasteiger partial charge in [-0.15, -0.1) is 0 Å². The van der Waals surface area contributed by atoms with Crippen molar-refractivity contribution in [2.75, 3.05) is 40.3 Å². The minimum absolute atomic E-state index is 1.06. The van der Waals surface area contributed by atoms with Crippen molar-refractivity contribution >= 4 is 36.4 Å². The third-order valence-corrected chi connectivity index (χ3v) is 5.43. The third kappa shape index (κ3) is 8.58. The van der Waals surface area contributed by atoms with Crippen molar-refractivity contribution in [1.29, 1.82) is 0 Å². The molecule has 104 valence electrons. The molecule has 0 radical (unpaired) electrons. The first-order chi connectivity index (χ1) is 8.07. The summed E-state index contributed by atoms with van der Waals surface area (Å²) in [6.07, 6.45) is 0. The van der Waals surface area contributed by atoms with E-state index in [-0.39, 0.29) is 0 Å². The highest BCUT2D eigenvalue weighted by atomic mass is 32.3. The average molecular weight is 299 g/mol. The molecule has 0 N–H and O–H groups in total. The van der Waals surface area contributed by atoms with E-state index in [1.807, 2.05) is 0 Å². The van der Waals surface area contributed by atoms with Gasteiger partial charge < -0.3 is 0 Å². The van der Waals surface area contributed by atoms with Crippen LogP contribution in [0, 0.1) is 0 Å². The molecule has 0 saturated heterocycles. The SMILES string of the molecule is CCN(CC)SN(SN(C)C)SN(CC)CC. The molecule has 0 spiro atoms. The molecule has 4 nitrogen and oxygen atoms in total. The maximum Gasteiger partial charge on any atom is 0.0338 e. The van der Waals surface area contributed by atoms with Gasteiger partial charge in [-0.3, -0.25) is 0 Å². The van der Waals surface area contributed by atoms with Gasteiger partial charge in [-0.1, -0.05) is 30.8 Å². The van der Waals surface area contributed by atoms with Crippen LogP contribution in [0.1, 0.15) is 27.7 Å². The molecule has 0 bridgehead atoms. The highest BCUT2D eigenvalue weighted by molar-refractivity contribution is 8.23. The van der Waals surface area contributed by atoms with Gasteiger partial charge in [0.2, 0.25) is 0 Å². The lowest BCUT2D eigenvalue weighted by Gasteiger charge is -2.29. The lowest BCUT2D eigenvalue weighted by Crippen LogP contribution is -2.24. The highest BCUT2D eigenvalue weighted by Crippen LogP contribution is 2.35. The molecule has 0 aliphatic rings. The predicted molar refractivity (Wildman–Crippen MR) is 84.1 cm³/mol. The van der Waals surface area contributed by atoms with Gasteiger partial charge in [-0.25, -0.2) is 12.9 Å². The molecular weight excluding hydrogens is 272 g/mol. The summed E-state index contributed by atoms with van der Waals surface area (Å²) < 4.78 is 9.05. The van der Waals surface area contributed by atoms with E-state index in [2.05, 4.69) is 57.8 Å². The Morgan fingerprint density at radius 3 is 1.24 bits per heavy atom. The van der Waals surface area contributed by atoms with Crippen molar-refractivity contribution in [2.24, 2.45) is 0 Å². The van der Waals surface area contributed by atoms with Crippen molar-refractivity contribution in [2.45, 2.75) is 27.7 Å². The van der Waals surface area contributed by atoms with Gasteiger partial charge in [0.25, 0.3) is 0 Å². The summed E-state index contributed by atoms with van der Waals surface area (Å²) in [6, 6.07) is 0. The van der Waals surface area contributed by atoms with Crippen molar-refractivity contribution in [3.8, 4) is 0 Å². The van der Waals surface area contributed by atoms with Crippen molar-refractivity contribution in [1.82, 2.24) is 16.0 Å². The second kappa shape index (κ2) is 10.8. The van der Waals surface area contributed by atoms with Crippen LogP contribution >= 0.6 is 36.4 Å². The summed E-state index contributed by atoms with van der Waals surface area (Å²) >= 11 is 5.30. The number of hydrogen-bond donors (Lipinski definition) is 0. The van der Waals surface area contributed by atoms with Crippen molar-refractivity contribution < 1.29 is 0 Å². The molecule has 0 unspecified atom stereocenters. The van der Waals surface area contributed by atoms with Gasteiger partial charge in [0.05, 0.1) is 0 Å². The van der Waals surface area contributed by atoms with E-state index in [0.717, 1.165) is 26.2 Å². The van der Waals surface area contributed by atoms with Crippen LogP contribution in [-0.2, 0) is 0 Å².